The Morgan fingerprint density at radius 2 is 1.71 bits per heavy atom. The Labute approximate surface area is 168 Å². The zero-order valence-electron chi connectivity index (χ0n) is 17.0. The third-order valence-corrected chi connectivity index (χ3v) is 5.97. The monoisotopic (exact) mass is 403 g/mol. The Balaban J connectivity index is 2.25. The summed E-state index contributed by atoms with van der Waals surface area (Å²) in [6.45, 7) is 8.05. The summed E-state index contributed by atoms with van der Waals surface area (Å²) in [6, 6.07) is 14.6. The van der Waals surface area contributed by atoms with Crippen molar-refractivity contribution in [1.29, 1.82) is 0 Å². The van der Waals surface area contributed by atoms with Crippen LogP contribution in [0.2, 0.25) is 0 Å². The molecular formula is C22H29NO4S. The van der Waals surface area contributed by atoms with Gasteiger partial charge in [0.05, 0.1) is 5.75 Å². The van der Waals surface area contributed by atoms with Gasteiger partial charge in [-0.1, -0.05) is 38.1 Å². The van der Waals surface area contributed by atoms with Crippen LogP contribution in [-0.4, -0.2) is 31.0 Å². The lowest BCUT2D eigenvalue weighted by Crippen LogP contribution is -2.37. The maximum Gasteiger partial charge on any atom is 0.308 e. The molecule has 1 amide bonds. The average Bonchev–Trinajstić information content (AvgIpc) is 2.71. The van der Waals surface area contributed by atoms with E-state index in [2.05, 4.69) is 6.92 Å². The first kappa shape index (κ1) is 22.0. The molecule has 0 bridgehead atoms. The molecule has 0 N–H and O–H groups in total. The summed E-state index contributed by atoms with van der Waals surface area (Å²) >= 11 is 0. The summed E-state index contributed by atoms with van der Waals surface area (Å²) in [5.74, 6) is 0.135. The molecule has 0 aliphatic heterocycles. The van der Waals surface area contributed by atoms with Crippen LogP contribution in [0.3, 0.4) is 0 Å². The summed E-state index contributed by atoms with van der Waals surface area (Å²) in [4.78, 5) is 14.9. The molecule has 0 aromatic heterocycles. The molecule has 152 valence electrons. The van der Waals surface area contributed by atoms with Crippen molar-refractivity contribution in [3.63, 3.8) is 0 Å². The van der Waals surface area contributed by atoms with Crippen molar-refractivity contribution >= 4 is 16.0 Å². The van der Waals surface area contributed by atoms with E-state index < -0.39 is 10.1 Å². The maximum atomic E-state index is 13.1. The Bertz CT molecular complexity index is 891. The SMILES string of the molecule is CCc1ccc(C(=O)N(Cc2cccc(OS(=O)(=O)CC)c2)[C@@H](C)CC)cc1. The lowest BCUT2D eigenvalue weighted by Gasteiger charge is -2.29. The molecule has 6 heteroatoms. The predicted molar refractivity (Wildman–Crippen MR) is 112 cm³/mol. The molecule has 5 nitrogen and oxygen atoms in total. The van der Waals surface area contributed by atoms with E-state index in [1.54, 1.807) is 18.2 Å². The summed E-state index contributed by atoms with van der Waals surface area (Å²) in [5.41, 5.74) is 2.66. The van der Waals surface area contributed by atoms with Crippen LogP contribution < -0.4 is 4.18 Å². The van der Waals surface area contributed by atoms with Crippen LogP contribution in [0.25, 0.3) is 0 Å². The number of benzene rings is 2. The fourth-order valence-electron chi connectivity index (χ4n) is 2.79. The molecule has 0 heterocycles. The van der Waals surface area contributed by atoms with Gasteiger partial charge in [-0.05, 0) is 62.1 Å². The van der Waals surface area contributed by atoms with Crippen LogP contribution in [0.4, 0.5) is 0 Å². The van der Waals surface area contributed by atoms with Crippen molar-refractivity contribution in [2.45, 2.75) is 53.1 Å². The number of aryl methyl sites for hydroxylation is 1. The molecule has 2 aromatic rings. The van der Waals surface area contributed by atoms with Gasteiger partial charge in [0.15, 0.2) is 0 Å². The van der Waals surface area contributed by atoms with Gasteiger partial charge in [-0.2, -0.15) is 8.42 Å². The molecule has 0 fully saturated rings. The Morgan fingerprint density at radius 1 is 1.04 bits per heavy atom. The number of nitrogens with zero attached hydrogens (tertiary/aromatic N) is 1. The van der Waals surface area contributed by atoms with Crippen molar-refractivity contribution in [2.75, 3.05) is 5.75 Å². The predicted octanol–water partition coefficient (Wildman–Crippen LogP) is 4.42. The molecular weight excluding hydrogens is 374 g/mol. The highest BCUT2D eigenvalue weighted by Crippen LogP contribution is 2.20. The number of hydrogen-bond acceptors (Lipinski definition) is 4. The molecule has 2 rings (SSSR count). The third kappa shape index (κ3) is 5.83. The fourth-order valence-corrected chi connectivity index (χ4v) is 3.31. The molecule has 2 aromatic carbocycles. The van der Waals surface area contributed by atoms with E-state index in [0.717, 1.165) is 18.4 Å². The number of rotatable bonds is 9. The Morgan fingerprint density at radius 3 is 2.29 bits per heavy atom. The highest BCUT2D eigenvalue weighted by molar-refractivity contribution is 7.87. The largest absolute Gasteiger partial charge is 0.382 e. The van der Waals surface area contributed by atoms with Crippen molar-refractivity contribution < 1.29 is 17.4 Å². The van der Waals surface area contributed by atoms with Gasteiger partial charge >= 0.3 is 10.1 Å². The van der Waals surface area contributed by atoms with Crippen LogP contribution in [0.1, 0.15) is 55.6 Å². The molecule has 0 radical (unpaired) electrons. The molecule has 0 aliphatic carbocycles. The van der Waals surface area contributed by atoms with E-state index in [-0.39, 0.29) is 23.5 Å². The van der Waals surface area contributed by atoms with E-state index in [9.17, 15) is 13.2 Å². The van der Waals surface area contributed by atoms with Gasteiger partial charge in [0.25, 0.3) is 5.91 Å². The van der Waals surface area contributed by atoms with E-state index in [4.69, 9.17) is 4.18 Å². The van der Waals surface area contributed by atoms with Gasteiger partial charge < -0.3 is 9.08 Å². The van der Waals surface area contributed by atoms with Crippen molar-refractivity contribution in [3.05, 3.63) is 65.2 Å². The number of amides is 1. The molecule has 28 heavy (non-hydrogen) atoms. The van der Waals surface area contributed by atoms with Crippen molar-refractivity contribution in [3.8, 4) is 5.75 Å². The first-order chi connectivity index (χ1) is 13.3. The Hall–Kier alpha value is -2.34. The van der Waals surface area contributed by atoms with Gasteiger partial charge in [-0.15, -0.1) is 0 Å². The second-order valence-corrected chi connectivity index (χ2v) is 8.68. The minimum Gasteiger partial charge on any atom is -0.382 e. The minimum absolute atomic E-state index is 0.0375. The topological polar surface area (TPSA) is 63.7 Å². The molecule has 0 saturated heterocycles. The summed E-state index contributed by atoms with van der Waals surface area (Å²) in [6.07, 6.45) is 1.75. The van der Waals surface area contributed by atoms with E-state index in [1.165, 1.54) is 12.5 Å². The molecule has 0 saturated carbocycles. The standard InChI is InChI=1S/C22H29NO4S/c1-5-17(4)23(22(24)20-13-11-18(6-2)12-14-20)16-19-9-8-10-21(15-19)27-28(25,26)7-3/h8-15,17H,5-7,16H2,1-4H3/t17-/m0/s1. The van der Waals surface area contributed by atoms with E-state index in [0.29, 0.717) is 12.1 Å². The highest BCUT2D eigenvalue weighted by atomic mass is 32.2. The first-order valence-electron chi connectivity index (χ1n) is 9.70. The molecule has 0 spiro atoms. The summed E-state index contributed by atoms with van der Waals surface area (Å²) in [7, 11) is -3.59. The molecule has 0 unspecified atom stereocenters. The van der Waals surface area contributed by atoms with Crippen LogP contribution in [-0.2, 0) is 23.1 Å². The normalized spacial score (nSPS) is 12.4. The van der Waals surface area contributed by atoms with Crippen LogP contribution in [0.15, 0.2) is 48.5 Å². The van der Waals surface area contributed by atoms with Crippen LogP contribution >= 0.6 is 0 Å². The van der Waals surface area contributed by atoms with Gasteiger partial charge in [0, 0.05) is 18.2 Å². The van der Waals surface area contributed by atoms with Crippen molar-refractivity contribution in [1.82, 2.24) is 4.90 Å². The highest BCUT2D eigenvalue weighted by Gasteiger charge is 2.21. The lowest BCUT2D eigenvalue weighted by molar-refractivity contribution is 0.0671. The second-order valence-electron chi connectivity index (χ2n) is 6.82. The number of carbonyl (C=O) groups excluding carboxylic acids is 1. The molecule has 0 aliphatic rings. The quantitative estimate of drug-likeness (QED) is 0.582. The summed E-state index contributed by atoms with van der Waals surface area (Å²) < 4.78 is 28.5. The van der Waals surface area contributed by atoms with Crippen molar-refractivity contribution in [2.24, 2.45) is 0 Å². The third-order valence-electron chi connectivity index (χ3n) is 4.82. The minimum atomic E-state index is -3.59. The van der Waals surface area contributed by atoms with Gasteiger partial charge in [-0.25, -0.2) is 0 Å². The smallest absolute Gasteiger partial charge is 0.308 e. The fraction of sp³-hybridized carbons (Fsp3) is 0.409. The van der Waals surface area contributed by atoms with E-state index >= 15 is 0 Å². The Kier molecular flexibility index (Phi) is 7.63. The van der Waals surface area contributed by atoms with Crippen LogP contribution in [0.5, 0.6) is 5.75 Å². The van der Waals surface area contributed by atoms with Gasteiger partial charge in [-0.3, -0.25) is 4.79 Å². The summed E-state index contributed by atoms with van der Waals surface area (Å²) in [5, 5.41) is 0. The molecule has 1 atom stereocenters. The van der Waals surface area contributed by atoms with Gasteiger partial charge in [0.2, 0.25) is 0 Å². The zero-order valence-corrected chi connectivity index (χ0v) is 17.8. The van der Waals surface area contributed by atoms with Gasteiger partial charge in [0.1, 0.15) is 5.75 Å². The second kappa shape index (κ2) is 9.73. The zero-order chi connectivity index (χ0) is 20.7. The number of hydrogen-bond donors (Lipinski definition) is 0. The van der Waals surface area contributed by atoms with E-state index in [1.807, 2.05) is 49.1 Å². The maximum absolute atomic E-state index is 13.1. The lowest BCUT2D eigenvalue weighted by atomic mass is 10.1. The van der Waals surface area contributed by atoms with Crippen LogP contribution in [0, 0.1) is 0 Å². The first-order valence-corrected chi connectivity index (χ1v) is 11.3. The average molecular weight is 404 g/mol. The number of carbonyl (C=O) groups is 1.